The molecule has 4 heteroatoms. The second-order valence-corrected chi connectivity index (χ2v) is 6.07. The van der Waals surface area contributed by atoms with Gasteiger partial charge in [0.25, 0.3) is 0 Å². The maximum absolute atomic E-state index is 11.3. The first-order valence-corrected chi connectivity index (χ1v) is 5.92. The number of nitrogens with one attached hydrogen (secondary N) is 1. The van der Waals surface area contributed by atoms with E-state index in [2.05, 4.69) is 26.1 Å². The first kappa shape index (κ1) is 13.8. The van der Waals surface area contributed by atoms with Crippen LogP contribution in [0, 0.1) is 0 Å². The van der Waals surface area contributed by atoms with Gasteiger partial charge < -0.3 is 10.4 Å². The highest BCUT2D eigenvalue weighted by Gasteiger charge is 2.13. The number of hydrogen-bond acceptors (Lipinski definition) is 3. The Bertz CT molecular complexity index is 177. The van der Waals surface area contributed by atoms with E-state index in [0.717, 1.165) is 0 Å². The lowest BCUT2D eigenvalue weighted by atomic mass is 10.3. The van der Waals surface area contributed by atoms with Crippen molar-refractivity contribution in [3.63, 3.8) is 0 Å². The molecule has 0 aliphatic carbocycles. The molecule has 14 heavy (non-hydrogen) atoms. The van der Waals surface area contributed by atoms with E-state index >= 15 is 0 Å². The third-order valence-electron chi connectivity index (χ3n) is 1.64. The van der Waals surface area contributed by atoms with Gasteiger partial charge in [-0.25, -0.2) is 0 Å². The number of rotatable bonds is 5. The van der Waals surface area contributed by atoms with Crippen LogP contribution in [0.1, 0.15) is 34.1 Å². The van der Waals surface area contributed by atoms with E-state index < -0.39 is 6.10 Å². The molecule has 0 heterocycles. The first-order valence-electron chi connectivity index (χ1n) is 4.94. The van der Waals surface area contributed by atoms with Crippen molar-refractivity contribution in [3.8, 4) is 0 Å². The van der Waals surface area contributed by atoms with Gasteiger partial charge in [0.2, 0.25) is 5.91 Å². The fourth-order valence-electron chi connectivity index (χ4n) is 0.709. The Morgan fingerprint density at radius 3 is 2.50 bits per heavy atom. The predicted molar refractivity (Wildman–Crippen MR) is 61.5 cm³/mol. The van der Waals surface area contributed by atoms with E-state index in [-0.39, 0.29) is 10.7 Å². The lowest BCUT2D eigenvalue weighted by Crippen LogP contribution is -2.33. The van der Waals surface area contributed by atoms with Crippen molar-refractivity contribution in [2.75, 3.05) is 12.3 Å². The molecule has 84 valence electrons. The summed E-state index contributed by atoms with van der Waals surface area (Å²) in [5.74, 6) is 0.456. The average Bonchev–Trinajstić information content (AvgIpc) is 2.09. The third kappa shape index (κ3) is 8.38. The Morgan fingerprint density at radius 1 is 1.50 bits per heavy atom. The number of carbonyl (C=O) groups is 1. The van der Waals surface area contributed by atoms with Crippen LogP contribution in [0.15, 0.2) is 0 Å². The molecule has 0 aliphatic rings. The van der Waals surface area contributed by atoms with Crippen molar-refractivity contribution in [1.82, 2.24) is 5.32 Å². The second-order valence-electron chi connectivity index (χ2n) is 4.27. The van der Waals surface area contributed by atoms with Crippen molar-refractivity contribution < 1.29 is 9.90 Å². The van der Waals surface area contributed by atoms with E-state index in [1.165, 1.54) is 0 Å². The Labute approximate surface area is 90.7 Å². The van der Waals surface area contributed by atoms with E-state index in [4.69, 9.17) is 0 Å². The molecule has 1 amide bonds. The number of aliphatic hydroxyl groups excluding tert-OH is 1. The van der Waals surface area contributed by atoms with E-state index in [0.29, 0.717) is 18.7 Å². The van der Waals surface area contributed by atoms with Crippen molar-refractivity contribution in [1.29, 1.82) is 0 Å². The summed E-state index contributed by atoms with van der Waals surface area (Å²) in [6.45, 7) is 8.48. The highest BCUT2D eigenvalue weighted by molar-refractivity contribution is 8.01. The van der Waals surface area contributed by atoms with Crippen molar-refractivity contribution in [3.05, 3.63) is 0 Å². The predicted octanol–water partition coefficient (Wildman–Crippen LogP) is 1.41. The quantitative estimate of drug-likeness (QED) is 0.735. The van der Waals surface area contributed by atoms with Gasteiger partial charge in [0.15, 0.2) is 0 Å². The second kappa shape index (κ2) is 6.30. The molecule has 0 aliphatic heterocycles. The first-order chi connectivity index (χ1) is 6.35. The van der Waals surface area contributed by atoms with Crippen molar-refractivity contribution >= 4 is 17.7 Å². The number of amides is 1. The normalized spacial score (nSPS) is 13.8. The molecule has 0 saturated carbocycles. The molecule has 0 bridgehead atoms. The topological polar surface area (TPSA) is 49.3 Å². The summed E-state index contributed by atoms with van der Waals surface area (Å²) in [4.78, 5) is 11.3. The van der Waals surface area contributed by atoms with Crippen LogP contribution in [0.25, 0.3) is 0 Å². The summed E-state index contributed by atoms with van der Waals surface area (Å²) in [6.07, 6.45) is 0.255. The highest BCUT2D eigenvalue weighted by atomic mass is 32.2. The number of carbonyl (C=O) groups excluding carboxylic acids is 1. The van der Waals surface area contributed by atoms with Gasteiger partial charge in [-0.1, -0.05) is 27.7 Å². The molecule has 0 saturated heterocycles. The fourth-order valence-corrected chi connectivity index (χ4v) is 1.38. The van der Waals surface area contributed by atoms with Gasteiger partial charge in [-0.3, -0.25) is 4.79 Å². The van der Waals surface area contributed by atoms with Gasteiger partial charge in [0.1, 0.15) is 0 Å². The minimum atomic E-state index is -0.418. The molecule has 0 radical (unpaired) electrons. The molecule has 0 spiro atoms. The van der Waals surface area contributed by atoms with Crippen molar-refractivity contribution in [2.24, 2.45) is 0 Å². The lowest BCUT2D eigenvalue weighted by molar-refractivity contribution is -0.119. The Hall–Kier alpha value is -0.220. The molecule has 0 fully saturated rings. The molecule has 0 rings (SSSR count). The number of hydrogen-bond donors (Lipinski definition) is 2. The maximum Gasteiger partial charge on any atom is 0.230 e. The summed E-state index contributed by atoms with van der Waals surface area (Å²) in [6, 6.07) is 0. The van der Waals surface area contributed by atoms with Gasteiger partial charge in [-0.2, -0.15) is 0 Å². The van der Waals surface area contributed by atoms with Gasteiger partial charge in [-0.05, 0) is 6.42 Å². The van der Waals surface area contributed by atoms with Gasteiger partial charge >= 0.3 is 0 Å². The van der Waals surface area contributed by atoms with Crippen LogP contribution < -0.4 is 5.32 Å². The summed E-state index contributed by atoms with van der Waals surface area (Å²) >= 11 is 1.61. The monoisotopic (exact) mass is 219 g/mol. The zero-order valence-electron chi connectivity index (χ0n) is 9.46. The minimum absolute atomic E-state index is 0.00238. The van der Waals surface area contributed by atoms with Gasteiger partial charge in [0.05, 0.1) is 11.9 Å². The van der Waals surface area contributed by atoms with E-state index in [1.807, 2.05) is 6.92 Å². The van der Waals surface area contributed by atoms with Crippen LogP contribution in [-0.4, -0.2) is 34.2 Å². The summed E-state index contributed by atoms with van der Waals surface area (Å²) in [5, 5.41) is 11.9. The lowest BCUT2D eigenvalue weighted by Gasteiger charge is -2.17. The molecular formula is C10H21NO2S. The smallest absolute Gasteiger partial charge is 0.230 e. The zero-order valence-corrected chi connectivity index (χ0v) is 10.3. The van der Waals surface area contributed by atoms with Gasteiger partial charge in [0, 0.05) is 11.3 Å². The van der Waals surface area contributed by atoms with Gasteiger partial charge in [-0.15, -0.1) is 11.8 Å². The highest BCUT2D eigenvalue weighted by Crippen LogP contribution is 2.22. The molecule has 3 nitrogen and oxygen atoms in total. The maximum atomic E-state index is 11.3. The summed E-state index contributed by atoms with van der Waals surface area (Å²) < 4.78 is 0.112. The van der Waals surface area contributed by atoms with Crippen LogP contribution in [0.3, 0.4) is 0 Å². The minimum Gasteiger partial charge on any atom is -0.391 e. The fraction of sp³-hybridized carbons (Fsp3) is 0.900. The summed E-state index contributed by atoms with van der Waals surface area (Å²) in [7, 11) is 0. The van der Waals surface area contributed by atoms with Crippen LogP contribution in [-0.2, 0) is 4.79 Å². The molecular weight excluding hydrogens is 198 g/mol. The van der Waals surface area contributed by atoms with Crippen LogP contribution in [0.5, 0.6) is 0 Å². The Balaban J connectivity index is 3.57. The molecule has 2 N–H and O–H groups in total. The zero-order chi connectivity index (χ0) is 11.2. The molecule has 0 aromatic heterocycles. The average molecular weight is 219 g/mol. The number of aliphatic hydroxyl groups is 1. The molecule has 0 aromatic carbocycles. The summed E-state index contributed by atoms with van der Waals surface area (Å²) in [5.41, 5.74) is 0. The van der Waals surface area contributed by atoms with E-state index in [1.54, 1.807) is 11.8 Å². The molecule has 0 aromatic rings. The Morgan fingerprint density at radius 2 is 2.07 bits per heavy atom. The van der Waals surface area contributed by atoms with E-state index in [9.17, 15) is 9.90 Å². The number of thioether (sulfide) groups is 1. The van der Waals surface area contributed by atoms with Crippen LogP contribution >= 0.6 is 11.8 Å². The van der Waals surface area contributed by atoms with Crippen molar-refractivity contribution in [2.45, 2.75) is 45.0 Å². The largest absolute Gasteiger partial charge is 0.391 e. The SMILES string of the molecule is CCC(O)CNC(=O)CSC(C)(C)C. The molecule has 1 atom stereocenters. The van der Waals surface area contributed by atoms with Crippen LogP contribution in [0.4, 0.5) is 0 Å². The Kier molecular flexibility index (Phi) is 6.20. The standard InChI is InChI=1S/C10H21NO2S/c1-5-8(12)6-11-9(13)7-14-10(2,3)4/h8,12H,5-7H2,1-4H3,(H,11,13). The third-order valence-corrected chi connectivity index (χ3v) is 2.91. The molecule has 1 unspecified atom stereocenters. The van der Waals surface area contributed by atoms with Crippen LogP contribution in [0.2, 0.25) is 0 Å².